The van der Waals surface area contributed by atoms with Gasteiger partial charge in [0.1, 0.15) is 17.2 Å². The van der Waals surface area contributed by atoms with Crippen molar-refractivity contribution < 1.29 is 13.5 Å². The highest BCUT2D eigenvalue weighted by Gasteiger charge is 2.26. The first-order valence-electron chi connectivity index (χ1n) is 11.3. The van der Waals surface area contributed by atoms with Gasteiger partial charge < -0.3 is 20.7 Å². The second kappa shape index (κ2) is 8.92. The summed E-state index contributed by atoms with van der Waals surface area (Å²) in [5.74, 6) is -0.448. The molecular weight excluding hydrogens is 484 g/mol. The van der Waals surface area contributed by atoms with Crippen LogP contribution in [-0.2, 0) is 0 Å². The van der Waals surface area contributed by atoms with E-state index < -0.39 is 11.6 Å². The second-order valence-corrected chi connectivity index (χ2v) is 9.38. The lowest BCUT2D eigenvalue weighted by Crippen LogP contribution is -2.44. The fourth-order valence-corrected chi connectivity index (χ4v) is 5.37. The van der Waals surface area contributed by atoms with Gasteiger partial charge in [0.2, 0.25) is 0 Å². The quantitative estimate of drug-likeness (QED) is 0.374. The van der Waals surface area contributed by atoms with E-state index in [1.165, 1.54) is 19.2 Å². The minimum absolute atomic E-state index is 0.0668. The molecule has 0 atom stereocenters. The number of hydrogen-bond donors (Lipinski definition) is 2. The Morgan fingerprint density at radius 1 is 1.06 bits per heavy atom. The number of methoxy groups -OCH3 is 1. The average molecular weight is 506 g/mol. The maximum absolute atomic E-state index is 16.7. The lowest BCUT2D eigenvalue weighted by molar-refractivity contribution is 0.381. The van der Waals surface area contributed by atoms with E-state index in [0.29, 0.717) is 46.5 Å². The summed E-state index contributed by atoms with van der Waals surface area (Å²) in [6, 6.07) is 8.39. The number of nitrogen functional groups attached to an aromatic ring is 1. The van der Waals surface area contributed by atoms with Crippen molar-refractivity contribution in [3.63, 3.8) is 0 Å². The van der Waals surface area contributed by atoms with Crippen LogP contribution in [0.3, 0.4) is 0 Å². The maximum Gasteiger partial charge on any atom is 0.318 e. The Labute approximate surface area is 208 Å². The molecule has 182 valence electrons. The molecule has 36 heavy (non-hydrogen) atoms. The van der Waals surface area contributed by atoms with Gasteiger partial charge in [-0.3, -0.25) is 4.98 Å². The molecule has 3 N–H and O–H groups in total. The van der Waals surface area contributed by atoms with E-state index in [1.807, 2.05) is 12.1 Å². The molecule has 0 unspecified atom stereocenters. The third-order valence-electron chi connectivity index (χ3n) is 6.24. The van der Waals surface area contributed by atoms with Crippen molar-refractivity contribution in [2.75, 3.05) is 43.9 Å². The molecule has 8 nitrogen and oxygen atoms in total. The van der Waals surface area contributed by atoms with Crippen molar-refractivity contribution in [2.45, 2.75) is 0 Å². The van der Waals surface area contributed by atoms with Crippen LogP contribution in [0.2, 0.25) is 0 Å². The van der Waals surface area contributed by atoms with Gasteiger partial charge in [-0.25, -0.2) is 13.8 Å². The fraction of sp³-hybridized carbons (Fsp3) is 0.200. The molecule has 1 fully saturated rings. The number of aromatic nitrogens is 4. The van der Waals surface area contributed by atoms with E-state index in [0.717, 1.165) is 24.4 Å². The zero-order valence-corrected chi connectivity index (χ0v) is 20.1. The van der Waals surface area contributed by atoms with Gasteiger partial charge in [0.25, 0.3) is 0 Å². The number of fused-ring (bicyclic) bond motifs is 2. The van der Waals surface area contributed by atoms with E-state index in [9.17, 15) is 4.39 Å². The number of thiazole rings is 1. The van der Waals surface area contributed by atoms with Crippen molar-refractivity contribution in [3.05, 3.63) is 54.4 Å². The Bertz CT molecular complexity index is 1600. The van der Waals surface area contributed by atoms with Gasteiger partial charge in [0.05, 0.1) is 17.3 Å². The molecule has 0 radical (unpaired) electrons. The Kier molecular flexibility index (Phi) is 5.57. The summed E-state index contributed by atoms with van der Waals surface area (Å²) in [5, 5.41) is 4.07. The number of ether oxygens (including phenoxy) is 1. The molecule has 6 rings (SSSR count). The van der Waals surface area contributed by atoms with E-state index in [2.05, 4.69) is 30.2 Å². The van der Waals surface area contributed by atoms with E-state index in [1.54, 1.807) is 18.5 Å². The molecule has 0 spiro atoms. The molecule has 11 heteroatoms. The lowest BCUT2D eigenvalue weighted by atomic mass is 9.92. The van der Waals surface area contributed by atoms with Crippen LogP contribution in [-0.4, -0.2) is 53.2 Å². The highest BCUT2D eigenvalue weighted by atomic mass is 32.1. The number of nitrogens with one attached hydrogen (secondary N) is 1. The zero-order valence-electron chi connectivity index (χ0n) is 19.3. The maximum atomic E-state index is 16.7. The first-order valence-corrected chi connectivity index (χ1v) is 12.2. The normalized spacial score (nSPS) is 14.0. The molecule has 0 saturated carbocycles. The van der Waals surface area contributed by atoms with Gasteiger partial charge in [0, 0.05) is 60.6 Å². The minimum Gasteiger partial charge on any atom is -0.467 e. The zero-order chi connectivity index (χ0) is 24.8. The average Bonchev–Trinajstić information content (AvgIpc) is 3.32. The largest absolute Gasteiger partial charge is 0.467 e. The van der Waals surface area contributed by atoms with E-state index >= 15 is 4.39 Å². The van der Waals surface area contributed by atoms with Gasteiger partial charge in [-0.1, -0.05) is 17.4 Å². The summed E-state index contributed by atoms with van der Waals surface area (Å²) in [6.07, 6.45) is 3.31. The van der Waals surface area contributed by atoms with Crippen LogP contribution < -0.4 is 20.7 Å². The van der Waals surface area contributed by atoms with Crippen molar-refractivity contribution in [1.82, 2.24) is 25.3 Å². The molecule has 0 aliphatic carbocycles. The van der Waals surface area contributed by atoms with Crippen molar-refractivity contribution in [2.24, 2.45) is 0 Å². The Hall–Kier alpha value is -3.96. The van der Waals surface area contributed by atoms with Gasteiger partial charge in [0.15, 0.2) is 10.9 Å². The minimum atomic E-state index is -0.581. The van der Waals surface area contributed by atoms with Crippen molar-refractivity contribution >= 4 is 43.4 Å². The topological polar surface area (TPSA) is 102 Å². The summed E-state index contributed by atoms with van der Waals surface area (Å²) >= 11 is 1.02. The number of piperazine rings is 1. The molecule has 3 aromatic heterocycles. The first kappa shape index (κ1) is 22.5. The lowest BCUT2D eigenvalue weighted by Gasteiger charge is -2.29. The number of nitrogens with zero attached hydrogens (tertiary/aromatic N) is 5. The highest BCUT2D eigenvalue weighted by molar-refractivity contribution is 7.22. The number of halogens is 2. The van der Waals surface area contributed by atoms with Crippen LogP contribution in [0.1, 0.15) is 0 Å². The molecule has 1 aliphatic heterocycles. The van der Waals surface area contributed by atoms with Crippen molar-refractivity contribution in [1.29, 1.82) is 0 Å². The smallest absolute Gasteiger partial charge is 0.318 e. The number of pyridine rings is 1. The molecule has 4 heterocycles. The van der Waals surface area contributed by atoms with Crippen LogP contribution in [0.5, 0.6) is 6.01 Å². The predicted molar refractivity (Wildman–Crippen MR) is 137 cm³/mol. The SMILES string of the molecule is COc1nc(N2CCNCC2)c2cc(-c3cccnc3)c(-c3ccc(F)c4sc(N)nc34)c(F)c2n1. The van der Waals surface area contributed by atoms with E-state index in [-0.39, 0.29) is 26.9 Å². The van der Waals surface area contributed by atoms with Gasteiger partial charge >= 0.3 is 6.01 Å². The summed E-state index contributed by atoms with van der Waals surface area (Å²) < 4.78 is 36.9. The molecule has 1 saturated heterocycles. The molecule has 0 bridgehead atoms. The predicted octanol–water partition coefficient (Wildman–Crippen LogP) is 4.25. The van der Waals surface area contributed by atoms with E-state index in [4.69, 9.17) is 10.5 Å². The monoisotopic (exact) mass is 505 g/mol. The third-order valence-corrected chi connectivity index (χ3v) is 7.14. The van der Waals surface area contributed by atoms with Crippen LogP contribution in [0.25, 0.3) is 43.4 Å². The third kappa shape index (κ3) is 3.67. The van der Waals surface area contributed by atoms with Crippen LogP contribution in [0.4, 0.5) is 19.7 Å². The standard InChI is InChI=1S/C25H21F2N7OS/c1-35-25-32-20-16(23(33-25)34-9-7-29-8-10-34)11-15(13-3-2-6-30-12-13)18(19(20)27)14-4-5-17(26)22-21(14)31-24(28)36-22/h2-6,11-12,29H,7-10H2,1H3,(H2,28,31). The molecule has 0 amide bonds. The van der Waals surface area contributed by atoms with Crippen molar-refractivity contribution in [3.8, 4) is 28.3 Å². The first-order chi connectivity index (χ1) is 17.5. The number of hydrogen-bond acceptors (Lipinski definition) is 9. The van der Waals surface area contributed by atoms with Gasteiger partial charge in [-0.15, -0.1) is 0 Å². The number of rotatable bonds is 4. The second-order valence-electron chi connectivity index (χ2n) is 8.35. The Morgan fingerprint density at radius 3 is 2.64 bits per heavy atom. The Morgan fingerprint density at radius 2 is 1.89 bits per heavy atom. The van der Waals surface area contributed by atoms with Crippen LogP contribution >= 0.6 is 11.3 Å². The summed E-state index contributed by atoms with van der Waals surface area (Å²) in [5.41, 5.74) is 8.23. The molecule has 5 aromatic rings. The van der Waals surface area contributed by atoms with Crippen LogP contribution in [0, 0.1) is 11.6 Å². The molecule has 2 aromatic carbocycles. The summed E-state index contributed by atoms with van der Waals surface area (Å²) in [4.78, 5) is 19.6. The van der Waals surface area contributed by atoms with Crippen LogP contribution in [0.15, 0.2) is 42.7 Å². The molecular formula is C25H21F2N7OS. The number of benzene rings is 2. The van der Waals surface area contributed by atoms with Gasteiger partial charge in [-0.05, 0) is 29.8 Å². The highest BCUT2D eigenvalue weighted by Crippen LogP contribution is 2.44. The van der Waals surface area contributed by atoms with Gasteiger partial charge in [-0.2, -0.15) is 9.97 Å². The molecule has 1 aliphatic rings. The fourth-order valence-electron chi connectivity index (χ4n) is 4.61. The number of nitrogens with two attached hydrogens (primary N) is 1. The summed E-state index contributed by atoms with van der Waals surface area (Å²) in [7, 11) is 1.45. The summed E-state index contributed by atoms with van der Waals surface area (Å²) in [6.45, 7) is 2.97. The Balaban J connectivity index is 1.72. The number of anilines is 2.